The van der Waals surface area contributed by atoms with Crippen molar-refractivity contribution in [3.8, 4) is 17.2 Å². The zero-order chi connectivity index (χ0) is 17.4. The number of methoxy groups -OCH3 is 2. The Balaban J connectivity index is 2.35. The van der Waals surface area contributed by atoms with Crippen LogP contribution in [0.3, 0.4) is 0 Å². The van der Waals surface area contributed by atoms with Gasteiger partial charge in [0, 0.05) is 11.6 Å². The summed E-state index contributed by atoms with van der Waals surface area (Å²) in [6.07, 6.45) is 1.33. The maximum absolute atomic E-state index is 11.1. The number of aldehydes is 1. The minimum atomic E-state index is -0.386. The van der Waals surface area contributed by atoms with E-state index in [9.17, 15) is 9.59 Å². The van der Waals surface area contributed by atoms with Gasteiger partial charge in [0.2, 0.25) is 6.41 Å². The lowest BCUT2D eigenvalue weighted by molar-refractivity contribution is -0.110. The van der Waals surface area contributed by atoms with Gasteiger partial charge in [0.1, 0.15) is 23.9 Å². The first-order valence-electron chi connectivity index (χ1n) is 7.31. The number of carbonyl (C=O) groups excluding carboxylic acids is 2. The first kappa shape index (κ1) is 17.3. The number of carbonyl (C=O) groups is 2. The Labute approximate surface area is 140 Å². The topological polar surface area (TPSA) is 73.9 Å². The number of ether oxygens (including phenoxy) is 3. The summed E-state index contributed by atoms with van der Waals surface area (Å²) < 4.78 is 15.8. The molecule has 0 heterocycles. The molecule has 0 aliphatic carbocycles. The molecule has 2 aromatic carbocycles. The molecule has 0 radical (unpaired) electrons. The van der Waals surface area contributed by atoms with Crippen LogP contribution in [0.25, 0.3) is 0 Å². The fourth-order valence-electron chi connectivity index (χ4n) is 2.38. The molecular weight excluding hydrogens is 310 g/mol. The van der Waals surface area contributed by atoms with Gasteiger partial charge < -0.3 is 19.5 Å². The fourth-order valence-corrected chi connectivity index (χ4v) is 2.38. The molecule has 1 amide bonds. The van der Waals surface area contributed by atoms with E-state index in [4.69, 9.17) is 14.2 Å². The third-order valence-corrected chi connectivity index (χ3v) is 3.52. The summed E-state index contributed by atoms with van der Waals surface area (Å²) in [6.45, 7) is 0.00165. The van der Waals surface area contributed by atoms with Crippen molar-refractivity contribution in [1.82, 2.24) is 5.32 Å². The van der Waals surface area contributed by atoms with E-state index >= 15 is 0 Å². The van der Waals surface area contributed by atoms with E-state index in [2.05, 4.69) is 5.32 Å². The first-order valence-corrected chi connectivity index (χ1v) is 7.31. The van der Waals surface area contributed by atoms with Crippen LogP contribution >= 0.6 is 0 Å². The predicted octanol–water partition coefficient (Wildman–Crippen LogP) is 2.12. The number of benzene rings is 2. The lowest BCUT2D eigenvalue weighted by atomic mass is 9.97. The van der Waals surface area contributed by atoms with Crippen molar-refractivity contribution < 1.29 is 23.8 Å². The highest BCUT2D eigenvalue weighted by Crippen LogP contribution is 2.33. The van der Waals surface area contributed by atoms with Crippen LogP contribution < -0.4 is 19.5 Å². The van der Waals surface area contributed by atoms with Crippen LogP contribution in [-0.2, 0) is 9.59 Å². The second-order valence-corrected chi connectivity index (χ2v) is 4.87. The van der Waals surface area contributed by atoms with Crippen molar-refractivity contribution in [2.45, 2.75) is 6.04 Å². The highest BCUT2D eigenvalue weighted by atomic mass is 16.5. The Hall–Kier alpha value is -3.02. The highest BCUT2D eigenvalue weighted by molar-refractivity contribution is 5.54. The number of amides is 1. The van der Waals surface area contributed by atoms with Gasteiger partial charge in [-0.1, -0.05) is 12.1 Å². The van der Waals surface area contributed by atoms with Crippen LogP contribution in [0, 0.1) is 0 Å². The summed E-state index contributed by atoms with van der Waals surface area (Å²) >= 11 is 0. The largest absolute Gasteiger partial charge is 0.497 e. The summed E-state index contributed by atoms with van der Waals surface area (Å²) in [5.74, 6) is 1.85. The minimum absolute atomic E-state index is 0.00165. The Morgan fingerprint density at radius 1 is 1.00 bits per heavy atom. The molecule has 0 bridgehead atoms. The maximum Gasteiger partial charge on any atom is 0.207 e. The third kappa shape index (κ3) is 4.04. The molecule has 0 aliphatic heterocycles. The van der Waals surface area contributed by atoms with Gasteiger partial charge in [-0.25, -0.2) is 0 Å². The Morgan fingerprint density at radius 2 is 1.71 bits per heavy atom. The third-order valence-electron chi connectivity index (χ3n) is 3.52. The van der Waals surface area contributed by atoms with Crippen molar-refractivity contribution in [3.05, 3.63) is 53.6 Å². The van der Waals surface area contributed by atoms with Gasteiger partial charge >= 0.3 is 0 Å². The second-order valence-electron chi connectivity index (χ2n) is 4.87. The molecule has 0 saturated heterocycles. The molecule has 2 aromatic rings. The van der Waals surface area contributed by atoms with Crippen LogP contribution in [0.1, 0.15) is 17.2 Å². The number of rotatable bonds is 9. The standard InChI is InChI=1S/C18H19NO5/c1-22-15-7-8-16(17(11-15)23-2)18(19-12-21)13-3-5-14(6-4-13)24-10-9-20/h3-9,11-12,18H,10H2,1-2H3,(H,19,21). The molecule has 6 nitrogen and oxygen atoms in total. The maximum atomic E-state index is 11.1. The summed E-state index contributed by atoms with van der Waals surface area (Å²) in [7, 11) is 3.14. The molecule has 0 aliphatic rings. The molecular formula is C18H19NO5. The Morgan fingerprint density at radius 3 is 2.29 bits per heavy atom. The van der Waals surface area contributed by atoms with Crippen molar-refractivity contribution in [3.63, 3.8) is 0 Å². The van der Waals surface area contributed by atoms with Gasteiger partial charge in [0.25, 0.3) is 0 Å². The van der Waals surface area contributed by atoms with Crippen molar-refractivity contribution >= 4 is 12.7 Å². The molecule has 0 aromatic heterocycles. The Kier molecular flexibility index (Phi) is 6.19. The summed E-state index contributed by atoms with van der Waals surface area (Å²) in [5, 5.41) is 2.79. The monoisotopic (exact) mass is 329 g/mol. The van der Waals surface area contributed by atoms with E-state index in [0.29, 0.717) is 29.9 Å². The van der Waals surface area contributed by atoms with Crippen LogP contribution in [0.15, 0.2) is 42.5 Å². The SMILES string of the molecule is COc1ccc(C(NC=O)c2ccc(OCC=O)cc2)c(OC)c1. The molecule has 0 fully saturated rings. The average Bonchev–Trinajstić information content (AvgIpc) is 2.64. The van der Waals surface area contributed by atoms with Gasteiger partial charge in [0.15, 0.2) is 6.29 Å². The van der Waals surface area contributed by atoms with Crippen molar-refractivity contribution in [2.75, 3.05) is 20.8 Å². The highest BCUT2D eigenvalue weighted by Gasteiger charge is 2.18. The number of hydrogen-bond donors (Lipinski definition) is 1. The van der Waals surface area contributed by atoms with Crippen molar-refractivity contribution in [1.29, 1.82) is 0 Å². The fraction of sp³-hybridized carbons (Fsp3) is 0.222. The molecule has 6 heteroatoms. The van der Waals surface area contributed by atoms with Gasteiger partial charge in [0.05, 0.1) is 20.3 Å². The van der Waals surface area contributed by atoms with Gasteiger partial charge in [-0.15, -0.1) is 0 Å². The van der Waals surface area contributed by atoms with Crippen LogP contribution in [0.2, 0.25) is 0 Å². The predicted molar refractivity (Wildman–Crippen MR) is 88.6 cm³/mol. The zero-order valence-corrected chi connectivity index (χ0v) is 13.5. The summed E-state index contributed by atoms with van der Waals surface area (Å²) in [6, 6.07) is 12.2. The molecule has 0 saturated carbocycles. The number of hydrogen-bond acceptors (Lipinski definition) is 5. The zero-order valence-electron chi connectivity index (χ0n) is 13.5. The van der Waals surface area contributed by atoms with Gasteiger partial charge in [-0.3, -0.25) is 9.59 Å². The van der Waals surface area contributed by atoms with Crippen molar-refractivity contribution in [2.24, 2.45) is 0 Å². The molecule has 1 atom stereocenters. The lowest BCUT2D eigenvalue weighted by Gasteiger charge is -2.20. The van der Waals surface area contributed by atoms with E-state index < -0.39 is 0 Å². The molecule has 1 unspecified atom stereocenters. The summed E-state index contributed by atoms with van der Waals surface area (Å²) in [4.78, 5) is 21.4. The van der Waals surface area contributed by atoms with Gasteiger partial charge in [-0.05, 0) is 29.8 Å². The molecule has 0 spiro atoms. The number of nitrogens with one attached hydrogen (secondary N) is 1. The average molecular weight is 329 g/mol. The van der Waals surface area contributed by atoms with E-state index in [1.54, 1.807) is 38.5 Å². The van der Waals surface area contributed by atoms with E-state index in [-0.39, 0.29) is 12.6 Å². The van der Waals surface area contributed by atoms with E-state index in [1.807, 2.05) is 18.2 Å². The molecule has 126 valence electrons. The van der Waals surface area contributed by atoms with Crippen LogP contribution in [0.4, 0.5) is 0 Å². The van der Waals surface area contributed by atoms with Crippen LogP contribution in [-0.4, -0.2) is 33.5 Å². The first-order chi connectivity index (χ1) is 11.7. The quantitative estimate of drug-likeness (QED) is 0.713. The Bertz CT molecular complexity index is 684. The lowest BCUT2D eigenvalue weighted by Crippen LogP contribution is -2.21. The molecule has 2 rings (SSSR count). The molecule has 24 heavy (non-hydrogen) atoms. The summed E-state index contributed by atoms with van der Waals surface area (Å²) in [5.41, 5.74) is 1.65. The van der Waals surface area contributed by atoms with Gasteiger partial charge in [-0.2, -0.15) is 0 Å². The normalized spacial score (nSPS) is 11.2. The van der Waals surface area contributed by atoms with Crippen LogP contribution in [0.5, 0.6) is 17.2 Å². The van der Waals surface area contributed by atoms with E-state index in [1.165, 1.54) is 0 Å². The van der Waals surface area contributed by atoms with E-state index in [0.717, 1.165) is 11.1 Å². The second kappa shape index (κ2) is 8.57. The molecule has 1 N–H and O–H groups in total. The minimum Gasteiger partial charge on any atom is -0.497 e. The smallest absolute Gasteiger partial charge is 0.207 e.